The Morgan fingerprint density at radius 1 is 1.12 bits per heavy atom. The third kappa shape index (κ3) is 6.70. The molecule has 0 saturated heterocycles. The average Bonchev–Trinajstić information content (AvgIpc) is 3.13. The standard InChI is InChI=1S/C21H24N4O5S2.ClH/c1-15-5-8-17(9-6-15)32(29,30)14-20(26)24(12-4-11-23(2)3)21-22-18-10-7-16(25(27)28)13-19(18)31-21;/h5-10,13H,4,11-12,14H2,1-3H3;1H. The fraction of sp³-hybridized carbons (Fsp3) is 0.333. The maximum atomic E-state index is 13.1. The van der Waals surface area contributed by atoms with Gasteiger partial charge in [0.25, 0.3) is 5.69 Å². The number of hydrogen-bond donors (Lipinski definition) is 0. The van der Waals surface area contributed by atoms with Gasteiger partial charge in [-0.2, -0.15) is 0 Å². The van der Waals surface area contributed by atoms with Gasteiger partial charge in [-0.3, -0.25) is 19.8 Å². The topological polar surface area (TPSA) is 114 Å². The van der Waals surface area contributed by atoms with Crippen molar-refractivity contribution in [3.05, 3.63) is 58.1 Å². The number of nitro benzene ring substituents is 1. The maximum Gasteiger partial charge on any atom is 0.270 e. The third-order valence-corrected chi connectivity index (χ3v) is 7.44. The quantitative estimate of drug-likeness (QED) is 0.317. The number of halogens is 1. The van der Waals surface area contributed by atoms with Crippen LogP contribution in [-0.4, -0.2) is 62.1 Å². The van der Waals surface area contributed by atoms with Gasteiger partial charge in [-0.25, -0.2) is 13.4 Å². The molecule has 0 spiro atoms. The number of aromatic nitrogens is 1. The fourth-order valence-corrected chi connectivity index (χ4v) is 5.31. The summed E-state index contributed by atoms with van der Waals surface area (Å²) in [5.74, 6) is -1.27. The summed E-state index contributed by atoms with van der Waals surface area (Å²) in [5.41, 5.74) is 1.37. The Hall–Kier alpha value is -2.60. The highest BCUT2D eigenvalue weighted by molar-refractivity contribution is 7.92. The Kier molecular flexibility index (Phi) is 8.89. The zero-order valence-electron chi connectivity index (χ0n) is 18.4. The fourth-order valence-electron chi connectivity index (χ4n) is 3.07. The van der Waals surface area contributed by atoms with Gasteiger partial charge < -0.3 is 4.90 Å². The second-order valence-electron chi connectivity index (χ2n) is 7.68. The van der Waals surface area contributed by atoms with E-state index >= 15 is 0 Å². The van der Waals surface area contributed by atoms with Gasteiger partial charge >= 0.3 is 0 Å². The molecule has 0 saturated carbocycles. The molecular formula is C21H25ClN4O5S2. The summed E-state index contributed by atoms with van der Waals surface area (Å²) in [6, 6.07) is 10.6. The number of hydrogen-bond acceptors (Lipinski definition) is 8. The predicted molar refractivity (Wildman–Crippen MR) is 132 cm³/mol. The van der Waals surface area contributed by atoms with E-state index in [0.717, 1.165) is 16.9 Å². The van der Waals surface area contributed by atoms with Crippen molar-refractivity contribution < 1.29 is 18.1 Å². The third-order valence-electron chi connectivity index (χ3n) is 4.78. The first kappa shape index (κ1) is 26.7. The molecule has 0 radical (unpaired) electrons. The number of benzene rings is 2. The summed E-state index contributed by atoms with van der Waals surface area (Å²) in [6.45, 7) is 2.83. The average molecular weight is 513 g/mol. The molecule has 0 unspecified atom stereocenters. The molecule has 1 aromatic heterocycles. The van der Waals surface area contributed by atoms with Crippen LogP contribution in [0.1, 0.15) is 12.0 Å². The Labute approximate surface area is 202 Å². The minimum Gasteiger partial charge on any atom is -0.309 e. The van der Waals surface area contributed by atoms with Gasteiger partial charge in [0.2, 0.25) is 5.91 Å². The smallest absolute Gasteiger partial charge is 0.270 e. The molecule has 0 bridgehead atoms. The van der Waals surface area contributed by atoms with Gasteiger partial charge in [-0.05, 0) is 52.2 Å². The van der Waals surface area contributed by atoms with Crippen LogP contribution in [0, 0.1) is 17.0 Å². The number of carbonyl (C=O) groups excluding carboxylic acids is 1. The largest absolute Gasteiger partial charge is 0.309 e. The van der Waals surface area contributed by atoms with E-state index in [1.165, 1.54) is 35.2 Å². The molecule has 1 amide bonds. The highest BCUT2D eigenvalue weighted by Crippen LogP contribution is 2.32. The van der Waals surface area contributed by atoms with Crippen LogP contribution in [0.2, 0.25) is 0 Å². The van der Waals surface area contributed by atoms with E-state index < -0.39 is 26.4 Å². The van der Waals surface area contributed by atoms with Crippen LogP contribution in [-0.2, 0) is 14.6 Å². The maximum absolute atomic E-state index is 13.1. The number of thiazole rings is 1. The van der Waals surface area contributed by atoms with Gasteiger partial charge in [0.1, 0.15) is 5.75 Å². The molecule has 2 aromatic carbocycles. The van der Waals surface area contributed by atoms with Gasteiger partial charge in [0.05, 0.1) is 20.0 Å². The van der Waals surface area contributed by atoms with Gasteiger partial charge in [0.15, 0.2) is 15.0 Å². The molecule has 9 nitrogen and oxygen atoms in total. The van der Waals surface area contributed by atoms with Crippen molar-refractivity contribution in [2.45, 2.75) is 18.2 Å². The highest BCUT2D eigenvalue weighted by Gasteiger charge is 2.26. The Morgan fingerprint density at radius 3 is 2.39 bits per heavy atom. The Bertz CT molecular complexity index is 1240. The number of aryl methyl sites for hydroxylation is 1. The van der Waals surface area contributed by atoms with Crippen molar-refractivity contribution >= 4 is 60.5 Å². The van der Waals surface area contributed by atoms with Crippen LogP contribution >= 0.6 is 23.7 Å². The second kappa shape index (κ2) is 11.0. The lowest BCUT2D eigenvalue weighted by molar-refractivity contribution is -0.384. The summed E-state index contributed by atoms with van der Waals surface area (Å²) >= 11 is 1.13. The Balaban J connectivity index is 0.00000385. The van der Waals surface area contributed by atoms with Crippen molar-refractivity contribution in [2.24, 2.45) is 0 Å². The zero-order valence-corrected chi connectivity index (χ0v) is 20.9. The van der Waals surface area contributed by atoms with E-state index in [-0.39, 0.29) is 29.5 Å². The van der Waals surface area contributed by atoms with E-state index in [1.54, 1.807) is 12.1 Å². The predicted octanol–water partition coefficient (Wildman–Crippen LogP) is 3.69. The first-order valence-electron chi connectivity index (χ1n) is 9.86. The Morgan fingerprint density at radius 2 is 1.79 bits per heavy atom. The number of amides is 1. The minimum atomic E-state index is -3.83. The van der Waals surface area contributed by atoms with Crippen LogP contribution in [0.3, 0.4) is 0 Å². The van der Waals surface area contributed by atoms with Crippen molar-refractivity contribution in [1.82, 2.24) is 9.88 Å². The molecule has 3 rings (SSSR count). The van der Waals surface area contributed by atoms with Crippen molar-refractivity contribution in [2.75, 3.05) is 37.8 Å². The lowest BCUT2D eigenvalue weighted by Gasteiger charge is -2.21. The molecule has 3 aromatic rings. The first-order valence-corrected chi connectivity index (χ1v) is 12.3. The van der Waals surface area contributed by atoms with Crippen molar-refractivity contribution in [1.29, 1.82) is 0 Å². The summed E-state index contributed by atoms with van der Waals surface area (Å²) < 4.78 is 26.2. The molecular weight excluding hydrogens is 488 g/mol. The molecule has 0 aliphatic rings. The van der Waals surface area contributed by atoms with Crippen molar-refractivity contribution in [3.63, 3.8) is 0 Å². The summed E-state index contributed by atoms with van der Waals surface area (Å²) in [7, 11) is -0.0176. The zero-order chi connectivity index (χ0) is 23.5. The minimum absolute atomic E-state index is 0. The van der Waals surface area contributed by atoms with Crippen LogP contribution in [0.5, 0.6) is 0 Å². The first-order chi connectivity index (χ1) is 15.1. The lowest BCUT2D eigenvalue weighted by Crippen LogP contribution is -2.37. The van der Waals surface area contributed by atoms with E-state index in [9.17, 15) is 23.3 Å². The number of anilines is 1. The van der Waals surface area contributed by atoms with E-state index in [2.05, 4.69) is 4.98 Å². The molecule has 0 fully saturated rings. The molecule has 0 aliphatic carbocycles. The highest BCUT2D eigenvalue weighted by atomic mass is 35.5. The van der Waals surface area contributed by atoms with Crippen LogP contribution in [0.4, 0.5) is 10.8 Å². The number of sulfone groups is 1. The SMILES string of the molecule is Cc1ccc(S(=O)(=O)CC(=O)N(CCCN(C)C)c2nc3ccc([N+](=O)[O-])cc3s2)cc1.Cl. The van der Waals surface area contributed by atoms with Gasteiger partial charge in [0, 0.05) is 18.7 Å². The van der Waals surface area contributed by atoms with E-state index in [0.29, 0.717) is 28.3 Å². The molecule has 33 heavy (non-hydrogen) atoms. The van der Waals surface area contributed by atoms with Gasteiger partial charge in [-0.1, -0.05) is 29.0 Å². The molecule has 0 atom stereocenters. The number of nitro groups is 1. The summed E-state index contributed by atoms with van der Waals surface area (Å²) in [6.07, 6.45) is 0.611. The number of carbonyl (C=O) groups is 1. The number of fused-ring (bicyclic) bond motifs is 1. The lowest BCUT2D eigenvalue weighted by atomic mass is 10.2. The van der Waals surface area contributed by atoms with Gasteiger partial charge in [-0.15, -0.1) is 12.4 Å². The number of non-ortho nitro benzene ring substituents is 1. The molecule has 178 valence electrons. The molecule has 12 heteroatoms. The number of rotatable bonds is 9. The summed E-state index contributed by atoms with van der Waals surface area (Å²) in [4.78, 5) is 31.6. The van der Waals surface area contributed by atoms with Crippen LogP contribution in [0.25, 0.3) is 10.2 Å². The monoisotopic (exact) mass is 512 g/mol. The number of nitrogens with zero attached hydrogens (tertiary/aromatic N) is 4. The molecule has 0 aliphatic heterocycles. The van der Waals surface area contributed by atoms with Crippen LogP contribution in [0.15, 0.2) is 47.4 Å². The van der Waals surface area contributed by atoms with Crippen LogP contribution < -0.4 is 4.90 Å². The van der Waals surface area contributed by atoms with E-state index in [4.69, 9.17) is 0 Å². The normalized spacial score (nSPS) is 11.4. The second-order valence-corrected chi connectivity index (χ2v) is 10.7. The molecule has 1 heterocycles. The van der Waals surface area contributed by atoms with Crippen molar-refractivity contribution in [3.8, 4) is 0 Å². The molecule has 0 N–H and O–H groups in total. The summed E-state index contributed by atoms with van der Waals surface area (Å²) in [5, 5.41) is 11.4. The van der Waals surface area contributed by atoms with E-state index in [1.807, 2.05) is 25.9 Å².